The molecule has 3 heteroatoms. The van der Waals surface area contributed by atoms with Crippen LogP contribution in [0.3, 0.4) is 0 Å². The zero-order chi connectivity index (χ0) is 9.84. The fourth-order valence-corrected chi connectivity index (χ4v) is 1.07. The third-order valence-electron chi connectivity index (χ3n) is 1.65. The maximum Gasteiger partial charge on any atom is 0.124 e. The number of hydrogen-bond donors (Lipinski definition) is 2. The van der Waals surface area contributed by atoms with Gasteiger partial charge in [-0.3, -0.25) is 0 Å². The van der Waals surface area contributed by atoms with Crippen LogP contribution in [-0.2, 0) is 0 Å². The van der Waals surface area contributed by atoms with Crippen molar-refractivity contribution in [3.63, 3.8) is 0 Å². The van der Waals surface area contributed by atoms with Gasteiger partial charge in [0.05, 0.1) is 17.0 Å². The molecule has 0 radical (unpaired) electrons. The number of rotatable bonds is 0. The van der Waals surface area contributed by atoms with E-state index in [9.17, 15) is 4.39 Å². The second kappa shape index (κ2) is 4.20. The minimum absolute atomic E-state index is 0.310. The first-order valence-corrected chi connectivity index (χ1v) is 4.43. The van der Waals surface area contributed by atoms with E-state index >= 15 is 0 Å². The highest BCUT2D eigenvalue weighted by Crippen LogP contribution is 2.17. The van der Waals surface area contributed by atoms with Crippen LogP contribution >= 0.6 is 12.6 Å². The molecule has 13 heavy (non-hydrogen) atoms. The highest BCUT2D eigenvalue weighted by Gasteiger charge is 2.02. The fraction of sp³-hybridized carbons (Fsp3) is 0.200. The molecule has 0 aliphatic rings. The van der Waals surface area contributed by atoms with E-state index in [-0.39, 0.29) is 5.82 Å². The van der Waals surface area contributed by atoms with Crippen molar-refractivity contribution in [2.45, 2.75) is 6.92 Å². The van der Waals surface area contributed by atoms with Crippen molar-refractivity contribution in [1.82, 2.24) is 0 Å². The number of hydrogen-bond acceptors (Lipinski definition) is 2. The Balaban J connectivity index is 3.20. The second-order valence-corrected chi connectivity index (χ2v) is 2.96. The van der Waals surface area contributed by atoms with Crippen LogP contribution in [0.15, 0.2) is 12.1 Å². The zero-order valence-electron chi connectivity index (χ0n) is 7.26. The second-order valence-electron chi connectivity index (χ2n) is 2.64. The Bertz CT molecular complexity index is 376. The Hall–Kier alpha value is -1.14. The van der Waals surface area contributed by atoms with Crippen molar-refractivity contribution in [3.8, 4) is 11.8 Å². The van der Waals surface area contributed by atoms with Crippen molar-refractivity contribution in [2.75, 3.05) is 11.5 Å². The monoisotopic (exact) mass is 195 g/mol. The lowest BCUT2D eigenvalue weighted by Gasteiger charge is -2.02. The minimum atomic E-state index is -0.310. The van der Waals surface area contributed by atoms with Gasteiger partial charge in [-0.1, -0.05) is 11.8 Å². The first kappa shape index (κ1) is 9.94. The Morgan fingerprint density at radius 3 is 2.85 bits per heavy atom. The highest BCUT2D eigenvalue weighted by atomic mass is 32.1. The van der Waals surface area contributed by atoms with Crippen LogP contribution in [0.4, 0.5) is 10.1 Å². The van der Waals surface area contributed by atoms with Gasteiger partial charge in [-0.05, 0) is 24.6 Å². The van der Waals surface area contributed by atoms with Crippen LogP contribution in [-0.4, -0.2) is 5.75 Å². The summed E-state index contributed by atoms with van der Waals surface area (Å²) in [6, 6.07) is 2.72. The summed E-state index contributed by atoms with van der Waals surface area (Å²) in [4.78, 5) is 0. The Morgan fingerprint density at radius 1 is 1.54 bits per heavy atom. The molecule has 0 spiro atoms. The van der Waals surface area contributed by atoms with Crippen LogP contribution in [0.2, 0.25) is 0 Å². The number of halogens is 1. The van der Waals surface area contributed by atoms with E-state index in [0.29, 0.717) is 22.6 Å². The molecule has 0 heterocycles. The Kier molecular flexibility index (Phi) is 3.21. The number of anilines is 1. The van der Waals surface area contributed by atoms with Gasteiger partial charge in [0, 0.05) is 0 Å². The molecular formula is C10H10FNS. The van der Waals surface area contributed by atoms with E-state index in [0.717, 1.165) is 0 Å². The standard InChI is InChI=1S/C10H10FNS/c1-7-5-9(11)6-8(10(7)12)3-2-4-13/h5-6,13H,4,12H2,1H3. The Morgan fingerprint density at radius 2 is 2.23 bits per heavy atom. The van der Waals surface area contributed by atoms with Gasteiger partial charge in [0.15, 0.2) is 0 Å². The molecule has 1 aromatic carbocycles. The number of thiol groups is 1. The first-order chi connectivity index (χ1) is 6.15. The van der Waals surface area contributed by atoms with Crippen LogP contribution in [0.5, 0.6) is 0 Å². The molecule has 68 valence electrons. The summed E-state index contributed by atoms with van der Waals surface area (Å²) >= 11 is 3.93. The van der Waals surface area contributed by atoms with E-state index in [4.69, 9.17) is 5.73 Å². The molecule has 0 saturated heterocycles. The normalized spacial score (nSPS) is 9.15. The lowest BCUT2D eigenvalue weighted by atomic mass is 10.1. The summed E-state index contributed by atoms with van der Waals surface area (Å²) in [5.41, 5.74) is 7.48. The molecule has 0 saturated carbocycles. The van der Waals surface area contributed by atoms with Gasteiger partial charge in [-0.15, -0.1) is 0 Å². The van der Waals surface area contributed by atoms with Gasteiger partial charge in [0.2, 0.25) is 0 Å². The minimum Gasteiger partial charge on any atom is -0.397 e. The van der Waals surface area contributed by atoms with E-state index in [1.165, 1.54) is 12.1 Å². The molecule has 0 fully saturated rings. The van der Waals surface area contributed by atoms with Gasteiger partial charge < -0.3 is 5.73 Å². The fourth-order valence-electron chi connectivity index (χ4n) is 0.992. The molecule has 0 unspecified atom stereocenters. The quantitative estimate of drug-likeness (QED) is 0.369. The topological polar surface area (TPSA) is 26.0 Å². The smallest absolute Gasteiger partial charge is 0.124 e. The van der Waals surface area contributed by atoms with E-state index in [1.807, 2.05) is 0 Å². The predicted molar refractivity (Wildman–Crippen MR) is 56.3 cm³/mol. The van der Waals surface area contributed by atoms with Crippen molar-refractivity contribution < 1.29 is 4.39 Å². The van der Waals surface area contributed by atoms with Crippen molar-refractivity contribution >= 4 is 18.3 Å². The average molecular weight is 195 g/mol. The molecule has 0 amide bonds. The average Bonchev–Trinajstić information content (AvgIpc) is 2.09. The van der Waals surface area contributed by atoms with Gasteiger partial charge in [0.1, 0.15) is 5.82 Å². The Labute approximate surface area is 82.6 Å². The highest BCUT2D eigenvalue weighted by molar-refractivity contribution is 7.80. The van der Waals surface area contributed by atoms with Crippen LogP contribution in [0, 0.1) is 24.6 Å². The van der Waals surface area contributed by atoms with Crippen LogP contribution in [0.1, 0.15) is 11.1 Å². The molecule has 1 nitrogen and oxygen atoms in total. The largest absolute Gasteiger partial charge is 0.397 e. The van der Waals surface area contributed by atoms with E-state index in [2.05, 4.69) is 24.5 Å². The lowest BCUT2D eigenvalue weighted by molar-refractivity contribution is 0.626. The molecule has 1 aromatic rings. The van der Waals surface area contributed by atoms with Crippen molar-refractivity contribution in [1.29, 1.82) is 0 Å². The third-order valence-corrected chi connectivity index (χ3v) is 1.81. The van der Waals surface area contributed by atoms with E-state index < -0.39 is 0 Å². The molecule has 0 aromatic heterocycles. The van der Waals surface area contributed by atoms with Gasteiger partial charge in [-0.2, -0.15) is 12.6 Å². The molecule has 0 atom stereocenters. The molecule has 1 rings (SSSR count). The maximum atomic E-state index is 12.9. The van der Waals surface area contributed by atoms with Crippen molar-refractivity contribution in [3.05, 3.63) is 29.1 Å². The lowest BCUT2D eigenvalue weighted by Crippen LogP contribution is -1.95. The third kappa shape index (κ3) is 2.40. The first-order valence-electron chi connectivity index (χ1n) is 3.80. The molecular weight excluding hydrogens is 185 g/mol. The zero-order valence-corrected chi connectivity index (χ0v) is 8.16. The summed E-state index contributed by atoms with van der Waals surface area (Å²) in [6.07, 6.45) is 0. The number of nitrogen functional groups attached to an aromatic ring is 1. The predicted octanol–water partition coefficient (Wildman–Crippen LogP) is 2.00. The summed E-state index contributed by atoms with van der Waals surface area (Å²) in [6.45, 7) is 1.75. The molecule has 0 aliphatic carbocycles. The van der Waals surface area contributed by atoms with Gasteiger partial charge >= 0.3 is 0 Å². The maximum absolute atomic E-state index is 12.9. The number of nitrogens with two attached hydrogens (primary N) is 1. The summed E-state index contributed by atoms with van der Waals surface area (Å²) in [7, 11) is 0. The van der Waals surface area contributed by atoms with E-state index in [1.54, 1.807) is 6.92 Å². The molecule has 0 bridgehead atoms. The summed E-state index contributed by atoms with van der Waals surface area (Å²) in [5, 5.41) is 0. The van der Waals surface area contributed by atoms with Gasteiger partial charge in [0.25, 0.3) is 0 Å². The van der Waals surface area contributed by atoms with Crippen molar-refractivity contribution in [2.24, 2.45) is 0 Å². The SMILES string of the molecule is Cc1cc(F)cc(C#CCS)c1N. The molecule has 2 N–H and O–H groups in total. The summed E-state index contributed by atoms with van der Waals surface area (Å²) in [5.74, 6) is 5.61. The van der Waals surface area contributed by atoms with Crippen LogP contribution in [0.25, 0.3) is 0 Å². The molecule has 0 aliphatic heterocycles. The number of benzene rings is 1. The number of aryl methyl sites for hydroxylation is 1. The van der Waals surface area contributed by atoms with Gasteiger partial charge in [-0.25, -0.2) is 4.39 Å². The van der Waals surface area contributed by atoms with Crippen LogP contribution < -0.4 is 5.73 Å². The summed E-state index contributed by atoms with van der Waals surface area (Å²) < 4.78 is 12.9.